The molecule has 2 aromatic rings. The van der Waals surface area contributed by atoms with Gasteiger partial charge in [0.05, 0.1) is 24.7 Å². The van der Waals surface area contributed by atoms with Gasteiger partial charge in [-0.3, -0.25) is 0 Å². The Kier molecular flexibility index (Phi) is 4.30. The van der Waals surface area contributed by atoms with Gasteiger partial charge in [-0.1, -0.05) is 5.21 Å². The number of rotatable bonds is 6. The largest absolute Gasteiger partial charge is 0.380 e. The highest BCUT2D eigenvalue weighted by atomic mass is 16.5. The molecule has 1 aromatic heterocycles. The monoisotopic (exact) mass is 246 g/mol. The van der Waals surface area contributed by atoms with Gasteiger partial charge in [0.2, 0.25) is 0 Å². The predicted octanol–water partition coefficient (Wildman–Crippen LogP) is 2.10. The summed E-state index contributed by atoms with van der Waals surface area (Å²) in [6.07, 6.45) is 3.48. The lowest BCUT2D eigenvalue weighted by Crippen LogP contribution is -2.21. The number of ether oxygens (including phenoxy) is 1. The van der Waals surface area contributed by atoms with Gasteiger partial charge in [0, 0.05) is 18.3 Å². The number of hydrogen-bond acceptors (Lipinski definition) is 4. The second-order valence-corrected chi connectivity index (χ2v) is 4.10. The average molecular weight is 246 g/mol. The summed E-state index contributed by atoms with van der Waals surface area (Å²) < 4.78 is 7.09. The van der Waals surface area contributed by atoms with E-state index >= 15 is 0 Å². The maximum Gasteiger partial charge on any atom is 0.0697 e. The van der Waals surface area contributed by atoms with Crippen LogP contribution in [0.25, 0.3) is 5.69 Å². The minimum absolute atomic E-state index is 0.294. The topological polar surface area (TPSA) is 52.0 Å². The molecule has 0 aliphatic heterocycles. The predicted molar refractivity (Wildman–Crippen MR) is 70.9 cm³/mol. The third kappa shape index (κ3) is 3.30. The van der Waals surface area contributed by atoms with Crippen molar-refractivity contribution in [1.82, 2.24) is 15.0 Å². The lowest BCUT2D eigenvalue weighted by atomic mass is 10.2. The molecular weight excluding hydrogens is 228 g/mol. The van der Waals surface area contributed by atoms with E-state index in [1.165, 1.54) is 0 Å². The molecule has 1 atom stereocenters. The highest BCUT2D eigenvalue weighted by molar-refractivity contribution is 5.48. The second-order valence-electron chi connectivity index (χ2n) is 4.10. The summed E-state index contributed by atoms with van der Waals surface area (Å²) >= 11 is 0. The molecule has 96 valence electrons. The van der Waals surface area contributed by atoms with Crippen molar-refractivity contribution in [3.63, 3.8) is 0 Å². The van der Waals surface area contributed by atoms with E-state index in [9.17, 15) is 0 Å². The lowest BCUT2D eigenvalue weighted by Gasteiger charge is -2.15. The summed E-state index contributed by atoms with van der Waals surface area (Å²) in [5.41, 5.74) is 2.07. The number of aromatic nitrogens is 3. The molecule has 5 heteroatoms. The number of nitrogens with one attached hydrogen (secondary N) is 1. The van der Waals surface area contributed by atoms with Crippen molar-refractivity contribution in [2.45, 2.75) is 19.9 Å². The number of nitrogens with zero attached hydrogens (tertiary/aromatic N) is 3. The SMILES string of the molecule is CCOC[C@@H](C)Nc1ccc(-n2ccnn2)cc1. The van der Waals surface area contributed by atoms with E-state index in [-0.39, 0.29) is 0 Å². The Hall–Kier alpha value is -1.88. The summed E-state index contributed by atoms with van der Waals surface area (Å²) in [7, 11) is 0. The molecule has 0 fully saturated rings. The van der Waals surface area contributed by atoms with E-state index in [0.717, 1.165) is 18.0 Å². The van der Waals surface area contributed by atoms with E-state index in [1.54, 1.807) is 10.9 Å². The fourth-order valence-electron chi connectivity index (χ4n) is 1.68. The van der Waals surface area contributed by atoms with Gasteiger partial charge in [-0.2, -0.15) is 0 Å². The first-order valence-electron chi connectivity index (χ1n) is 6.10. The van der Waals surface area contributed by atoms with Gasteiger partial charge in [0.15, 0.2) is 0 Å². The maximum absolute atomic E-state index is 5.37. The zero-order valence-corrected chi connectivity index (χ0v) is 10.7. The zero-order valence-electron chi connectivity index (χ0n) is 10.7. The van der Waals surface area contributed by atoms with Gasteiger partial charge in [0.1, 0.15) is 0 Å². The Morgan fingerprint density at radius 1 is 1.33 bits per heavy atom. The van der Waals surface area contributed by atoms with Crippen molar-refractivity contribution >= 4 is 5.69 Å². The first-order valence-corrected chi connectivity index (χ1v) is 6.10. The molecule has 0 unspecified atom stereocenters. The van der Waals surface area contributed by atoms with Crippen LogP contribution in [0.3, 0.4) is 0 Å². The molecule has 0 saturated heterocycles. The van der Waals surface area contributed by atoms with Crippen LogP contribution in [-0.2, 0) is 4.74 Å². The van der Waals surface area contributed by atoms with E-state index in [1.807, 2.05) is 37.4 Å². The van der Waals surface area contributed by atoms with E-state index in [0.29, 0.717) is 12.6 Å². The molecule has 0 saturated carbocycles. The fourth-order valence-corrected chi connectivity index (χ4v) is 1.68. The van der Waals surface area contributed by atoms with Crippen LogP contribution in [0.2, 0.25) is 0 Å². The van der Waals surface area contributed by atoms with Gasteiger partial charge in [-0.15, -0.1) is 5.10 Å². The molecule has 5 nitrogen and oxygen atoms in total. The second kappa shape index (κ2) is 6.16. The summed E-state index contributed by atoms with van der Waals surface area (Å²) in [5.74, 6) is 0. The normalized spacial score (nSPS) is 12.3. The van der Waals surface area contributed by atoms with Gasteiger partial charge < -0.3 is 10.1 Å². The first kappa shape index (κ1) is 12.6. The van der Waals surface area contributed by atoms with Crippen LogP contribution in [0.5, 0.6) is 0 Å². The summed E-state index contributed by atoms with van der Waals surface area (Å²) in [6.45, 7) is 5.55. The van der Waals surface area contributed by atoms with E-state index in [4.69, 9.17) is 4.74 Å². The molecule has 2 rings (SSSR count). The third-order valence-electron chi connectivity index (χ3n) is 2.54. The van der Waals surface area contributed by atoms with Crippen LogP contribution in [0, 0.1) is 0 Å². The Bertz CT molecular complexity index is 452. The van der Waals surface area contributed by atoms with Crippen LogP contribution >= 0.6 is 0 Å². The number of anilines is 1. The van der Waals surface area contributed by atoms with Crippen LogP contribution < -0.4 is 5.32 Å². The number of hydrogen-bond donors (Lipinski definition) is 1. The molecule has 0 bridgehead atoms. The first-order chi connectivity index (χ1) is 8.79. The van der Waals surface area contributed by atoms with Gasteiger partial charge >= 0.3 is 0 Å². The summed E-state index contributed by atoms with van der Waals surface area (Å²) in [4.78, 5) is 0. The summed E-state index contributed by atoms with van der Waals surface area (Å²) in [5, 5.41) is 11.1. The molecule has 0 aliphatic rings. The van der Waals surface area contributed by atoms with Crippen LogP contribution in [0.1, 0.15) is 13.8 Å². The maximum atomic E-state index is 5.37. The number of benzene rings is 1. The lowest BCUT2D eigenvalue weighted by molar-refractivity contribution is 0.141. The average Bonchev–Trinajstić information content (AvgIpc) is 2.91. The van der Waals surface area contributed by atoms with Crippen molar-refractivity contribution in [2.24, 2.45) is 0 Å². The quantitative estimate of drug-likeness (QED) is 0.848. The zero-order chi connectivity index (χ0) is 12.8. The molecule has 1 N–H and O–H groups in total. The molecule has 1 aromatic carbocycles. The summed E-state index contributed by atoms with van der Waals surface area (Å²) in [6, 6.07) is 8.36. The van der Waals surface area contributed by atoms with Crippen molar-refractivity contribution < 1.29 is 4.74 Å². The Labute approximate surface area is 107 Å². The highest BCUT2D eigenvalue weighted by Crippen LogP contribution is 2.13. The standard InChI is InChI=1S/C13H18N4O/c1-3-18-10-11(2)15-12-4-6-13(7-5-12)17-9-8-14-16-17/h4-9,11,15H,3,10H2,1-2H3/t11-/m1/s1. The van der Waals surface area contributed by atoms with E-state index < -0.39 is 0 Å². The minimum atomic E-state index is 0.294. The molecule has 0 aliphatic carbocycles. The van der Waals surface area contributed by atoms with Crippen molar-refractivity contribution in [3.05, 3.63) is 36.7 Å². The van der Waals surface area contributed by atoms with E-state index in [2.05, 4.69) is 22.6 Å². The highest BCUT2D eigenvalue weighted by Gasteiger charge is 2.02. The molecular formula is C13H18N4O. The molecule has 0 radical (unpaired) electrons. The van der Waals surface area contributed by atoms with Crippen LogP contribution in [-0.4, -0.2) is 34.2 Å². The van der Waals surface area contributed by atoms with Gasteiger partial charge in [-0.05, 0) is 38.1 Å². The Balaban J connectivity index is 1.95. The van der Waals surface area contributed by atoms with Crippen LogP contribution in [0.4, 0.5) is 5.69 Å². The smallest absolute Gasteiger partial charge is 0.0697 e. The van der Waals surface area contributed by atoms with Gasteiger partial charge in [0.25, 0.3) is 0 Å². The fraction of sp³-hybridized carbons (Fsp3) is 0.385. The van der Waals surface area contributed by atoms with Gasteiger partial charge in [-0.25, -0.2) is 4.68 Å². The Morgan fingerprint density at radius 2 is 2.11 bits per heavy atom. The van der Waals surface area contributed by atoms with Crippen molar-refractivity contribution in [2.75, 3.05) is 18.5 Å². The molecule has 0 spiro atoms. The Morgan fingerprint density at radius 3 is 2.72 bits per heavy atom. The molecule has 1 heterocycles. The van der Waals surface area contributed by atoms with Crippen molar-refractivity contribution in [3.8, 4) is 5.69 Å². The third-order valence-corrected chi connectivity index (χ3v) is 2.54. The van der Waals surface area contributed by atoms with Crippen molar-refractivity contribution in [1.29, 1.82) is 0 Å². The van der Waals surface area contributed by atoms with Crippen LogP contribution in [0.15, 0.2) is 36.7 Å². The minimum Gasteiger partial charge on any atom is -0.380 e. The molecule has 0 amide bonds. The molecule has 18 heavy (non-hydrogen) atoms.